The van der Waals surface area contributed by atoms with E-state index in [2.05, 4.69) is 0 Å². The van der Waals surface area contributed by atoms with Gasteiger partial charge in [0, 0.05) is 30.9 Å². The lowest BCUT2D eigenvalue weighted by molar-refractivity contribution is 0.0535. The lowest BCUT2D eigenvalue weighted by atomic mass is 10.1. The third-order valence-electron chi connectivity index (χ3n) is 5.05. The summed E-state index contributed by atoms with van der Waals surface area (Å²) in [6.45, 7) is 3.26. The summed E-state index contributed by atoms with van der Waals surface area (Å²) >= 11 is 1.35. The van der Waals surface area contributed by atoms with Crippen molar-refractivity contribution in [3.63, 3.8) is 0 Å². The quantitative estimate of drug-likeness (QED) is 0.650. The molecular formula is C21H18F2N2O2S. The van der Waals surface area contributed by atoms with Crippen LogP contribution in [-0.4, -0.2) is 47.8 Å². The molecular weight excluding hydrogens is 382 g/mol. The fourth-order valence-corrected chi connectivity index (χ4v) is 4.62. The van der Waals surface area contributed by atoms with Crippen LogP contribution in [-0.2, 0) is 0 Å². The van der Waals surface area contributed by atoms with Crippen LogP contribution in [0, 0.1) is 18.6 Å². The molecule has 144 valence electrons. The number of carbonyl (C=O) groups excluding carboxylic acids is 2. The Kier molecular flexibility index (Phi) is 4.85. The number of aryl methyl sites for hydroxylation is 1. The van der Waals surface area contributed by atoms with Gasteiger partial charge in [-0.3, -0.25) is 9.59 Å². The van der Waals surface area contributed by atoms with Gasteiger partial charge in [-0.25, -0.2) is 8.78 Å². The largest absolute Gasteiger partial charge is 0.335 e. The molecule has 1 aliphatic heterocycles. The topological polar surface area (TPSA) is 40.6 Å². The van der Waals surface area contributed by atoms with E-state index in [0.717, 1.165) is 15.6 Å². The van der Waals surface area contributed by atoms with E-state index in [1.54, 1.807) is 28.0 Å². The van der Waals surface area contributed by atoms with Crippen molar-refractivity contribution in [3.8, 4) is 0 Å². The summed E-state index contributed by atoms with van der Waals surface area (Å²) in [7, 11) is 0. The van der Waals surface area contributed by atoms with E-state index < -0.39 is 5.82 Å². The molecule has 3 aromatic rings. The van der Waals surface area contributed by atoms with Crippen molar-refractivity contribution < 1.29 is 18.4 Å². The summed E-state index contributed by atoms with van der Waals surface area (Å²) in [5.41, 5.74) is 0.819. The first-order chi connectivity index (χ1) is 13.5. The van der Waals surface area contributed by atoms with E-state index in [4.69, 9.17) is 0 Å². The molecule has 1 aromatic heterocycles. The van der Waals surface area contributed by atoms with E-state index in [-0.39, 0.29) is 23.2 Å². The zero-order chi connectivity index (χ0) is 19.8. The van der Waals surface area contributed by atoms with Gasteiger partial charge in [0.05, 0.1) is 10.4 Å². The first-order valence-corrected chi connectivity index (χ1v) is 9.79. The summed E-state index contributed by atoms with van der Waals surface area (Å²) < 4.78 is 28.2. The minimum absolute atomic E-state index is 0.0460. The molecule has 28 heavy (non-hydrogen) atoms. The van der Waals surface area contributed by atoms with E-state index in [1.165, 1.54) is 35.6 Å². The Labute approximate surface area is 165 Å². The summed E-state index contributed by atoms with van der Waals surface area (Å²) in [5, 5.41) is 0.752. The molecule has 1 aliphatic rings. The first-order valence-electron chi connectivity index (χ1n) is 8.97. The number of halogens is 2. The minimum Gasteiger partial charge on any atom is -0.335 e. The second-order valence-electron chi connectivity index (χ2n) is 6.76. The van der Waals surface area contributed by atoms with Crippen molar-refractivity contribution in [1.29, 1.82) is 0 Å². The van der Waals surface area contributed by atoms with Gasteiger partial charge in [0.25, 0.3) is 11.8 Å². The van der Waals surface area contributed by atoms with Crippen LogP contribution in [0.25, 0.3) is 10.1 Å². The normalized spacial score (nSPS) is 14.5. The molecule has 1 saturated heterocycles. The highest BCUT2D eigenvalue weighted by atomic mass is 32.1. The van der Waals surface area contributed by atoms with Crippen LogP contribution in [0.15, 0.2) is 42.5 Å². The molecule has 0 bridgehead atoms. The van der Waals surface area contributed by atoms with Gasteiger partial charge in [-0.05, 0) is 48.2 Å². The number of fused-ring (bicyclic) bond motifs is 1. The molecule has 0 aliphatic carbocycles. The van der Waals surface area contributed by atoms with Crippen LogP contribution in [0.5, 0.6) is 0 Å². The molecule has 0 N–H and O–H groups in total. The Morgan fingerprint density at radius 2 is 1.57 bits per heavy atom. The van der Waals surface area contributed by atoms with E-state index in [0.29, 0.717) is 31.1 Å². The van der Waals surface area contributed by atoms with Crippen LogP contribution in [0.3, 0.4) is 0 Å². The van der Waals surface area contributed by atoms with Crippen LogP contribution in [0.1, 0.15) is 25.6 Å². The summed E-state index contributed by atoms with van der Waals surface area (Å²) in [5.74, 6) is -1.34. The molecule has 0 saturated carbocycles. The second kappa shape index (κ2) is 7.31. The molecule has 0 atom stereocenters. The predicted octanol–water partition coefficient (Wildman–Crippen LogP) is 4.09. The molecule has 0 spiro atoms. The minimum atomic E-state index is -0.542. The van der Waals surface area contributed by atoms with Gasteiger partial charge in [-0.15, -0.1) is 11.3 Å². The molecule has 2 aromatic carbocycles. The number of piperazine rings is 1. The van der Waals surface area contributed by atoms with E-state index in [1.807, 2.05) is 6.92 Å². The Morgan fingerprint density at radius 1 is 0.929 bits per heavy atom. The van der Waals surface area contributed by atoms with Gasteiger partial charge in [0.2, 0.25) is 0 Å². The van der Waals surface area contributed by atoms with Crippen molar-refractivity contribution >= 4 is 33.2 Å². The van der Waals surface area contributed by atoms with Gasteiger partial charge in [0.15, 0.2) is 0 Å². The standard InChI is InChI=1S/C21H18F2N2O2S/c1-13-16-12-14(22)6-7-18(16)28-19(13)21(27)25-10-8-24(9-11-25)20(26)15-4-2-3-5-17(15)23/h2-7,12H,8-11H2,1H3. The Bertz CT molecular complexity index is 1070. The molecule has 4 nitrogen and oxygen atoms in total. The van der Waals surface area contributed by atoms with E-state index in [9.17, 15) is 18.4 Å². The van der Waals surface area contributed by atoms with Crippen LogP contribution < -0.4 is 0 Å². The van der Waals surface area contributed by atoms with Crippen molar-refractivity contribution in [2.75, 3.05) is 26.2 Å². The Hall–Kier alpha value is -2.80. The Morgan fingerprint density at radius 3 is 2.25 bits per heavy atom. The average molecular weight is 400 g/mol. The highest BCUT2D eigenvalue weighted by Gasteiger charge is 2.28. The SMILES string of the molecule is Cc1c(C(=O)N2CCN(C(=O)c3ccccc3F)CC2)sc2ccc(F)cc12. The fraction of sp³-hybridized carbons (Fsp3) is 0.238. The van der Waals surface area contributed by atoms with Crippen molar-refractivity contribution in [2.45, 2.75) is 6.92 Å². The van der Waals surface area contributed by atoms with E-state index >= 15 is 0 Å². The number of thiophene rings is 1. The third-order valence-corrected chi connectivity index (χ3v) is 6.31. The number of nitrogens with zero attached hydrogens (tertiary/aromatic N) is 2. The number of rotatable bonds is 2. The van der Waals surface area contributed by atoms with Gasteiger partial charge in [-0.1, -0.05) is 12.1 Å². The average Bonchev–Trinajstić information content (AvgIpc) is 3.03. The summed E-state index contributed by atoms with van der Waals surface area (Å²) in [6, 6.07) is 10.4. The maximum atomic E-state index is 13.9. The molecule has 2 heterocycles. The lowest BCUT2D eigenvalue weighted by Crippen LogP contribution is -2.50. The number of hydrogen-bond donors (Lipinski definition) is 0. The van der Waals surface area contributed by atoms with Gasteiger partial charge in [0.1, 0.15) is 11.6 Å². The van der Waals surface area contributed by atoms with Gasteiger partial charge in [-0.2, -0.15) is 0 Å². The smallest absolute Gasteiger partial charge is 0.264 e. The van der Waals surface area contributed by atoms with Gasteiger partial charge < -0.3 is 9.80 Å². The summed E-state index contributed by atoms with van der Waals surface area (Å²) in [6.07, 6.45) is 0. The third kappa shape index (κ3) is 3.26. The number of hydrogen-bond acceptors (Lipinski definition) is 3. The lowest BCUT2D eigenvalue weighted by Gasteiger charge is -2.34. The zero-order valence-electron chi connectivity index (χ0n) is 15.2. The maximum absolute atomic E-state index is 13.9. The van der Waals surface area contributed by atoms with Gasteiger partial charge >= 0.3 is 0 Å². The number of amides is 2. The molecule has 0 radical (unpaired) electrons. The van der Waals surface area contributed by atoms with Crippen LogP contribution in [0.2, 0.25) is 0 Å². The molecule has 1 fully saturated rings. The number of carbonyl (C=O) groups is 2. The first kappa shape index (κ1) is 18.6. The highest BCUT2D eigenvalue weighted by molar-refractivity contribution is 7.21. The van der Waals surface area contributed by atoms with Crippen molar-refractivity contribution in [3.05, 3.63) is 70.1 Å². The molecule has 4 rings (SSSR count). The fourth-order valence-electron chi connectivity index (χ4n) is 3.46. The monoisotopic (exact) mass is 400 g/mol. The zero-order valence-corrected chi connectivity index (χ0v) is 16.1. The van der Waals surface area contributed by atoms with Crippen LogP contribution >= 0.6 is 11.3 Å². The van der Waals surface area contributed by atoms with Crippen LogP contribution in [0.4, 0.5) is 8.78 Å². The van der Waals surface area contributed by atoms with Crippen molar-refractivity contribution in [2.24, 2.45) is 0 Å². The predicted molar refractivity (Wildman–Crippen MR) is 105 cm³/mol. The number of benzene rings is 2. The summed E-state index contributed by atoms with van der Waals surface area (Å²) in [4.78, 5) is 29.3. The second-order valence-corrected chi connectivity index (χ2v) is 7.81. The Balaban J connectivity index is 1.48. The highest BCUT2D eigenvalue weighted by Crippen LogP contribution is 2.32. The molecule has 2 amide bonds. The molecule has 7 heteroatoms. The van der Waals surface area contributed by atoms with Crippen molar-refractivity contribution in [1.82, 2.24) is 9.80 Å². The maximum Gasteiger partial charge on any atom is 0.264 e. The molecule has 0 unspecified atom stereocenters.